The van der Waals surface area contributed by atoms with Gasteiger partial charge in [-0.3, -0.25) is 4.79 Å². The van der Waals surface area contributed by atoms with Gasteiger partial charge in [-0.1, -0.05) is 13.2 Å². The highest BCUT2D eigenvalue weighted by Crippen LogP contribution is 2.09. The second kappa shape index (κ2) is 4.50. The molecule has 0 spiro atoms. The highest BCUT2D eigenvalue weighted by atomic mass is 16.1. The number of allylic oxidation sites excluding steroid dienone is 1. The molecule has 0 aromatic heterocycles. The van der Waals surface area contributed by atoms with Gasteiger partial charge in [-0.05, 0) is 19.4 Å². The van der Waals surface area contributed by atoms with Gasteiger partial charge in [0, 0.05) is 18.9 Å². The van der Waals surface area contributed by atoms with E-state index in [0.29, 0.717) is 11.1 Å². The Balaban J connectivity index is 4.84. The van der Waals surface area contributed by atoms with Crippen LogP contribution >= 0.6 is 0 Å². The van der Waals surface area contributed by atoms with Crippen molar-refractivity contribution in [3.8, 4) is 0 Å². The lowest BCUT2D eigenvalue weighted by atomic mass is 10.1. The van der Waals surface area contributed by atoms with Crippen LogP contribution in [0, 0.1) is 0 Å². The largest absolute Gasteiger partial charge is 0.366 e. The summed E-state index contributed by atoms with van der Waals surface area (Å²) in [5.74, 6) is -0.472. The Kier molecular flexibility index (Phi) is 3.98. The lowest BCUT2D eigenvalue weighted by molar-refractivity contribution is -0.114. The number of hydrogen-bond donors (Lipinski definition) is 1. The molecule has 2 N–H and O–H groups in total. The zero-order valence-corrected chi connectivity index (χ0v) is 8.42. The summed E-state index contributed by atoms with van der Waals surface area (Å²) in [4.78, 5) is 12.7. The van der Waals surface area contributed by atoms with Crippen molar-refractivity contribution in [1.29, 1.82) is 0 Å². The van der Waals surface area contributed by atoms with Crippen molar-refractivity contribution < 1.29 is 4.79 Å². The molecule has 0 aromatic rings. The highest BCUT2D eigenvalue weighted by Gasteiger charge is 2.06. The van der Waals surface area contributed by atoms with E-state index in [-0.39, 0.29) is 0 Å². The monoisotopic (exact) mass is 180 g/mol. The molecular weight excluding hydrogens is 164 g/mol. The Morgan fingerprint density at radius 2 is 1.85 bits per heavy atom. The van der Waals surface area contributed by atoms with Crippen molar-refractivity contribution >= 4 is 5.91 Å². The van der Waals surface area contributed by atoms with E-state index in [1.807, 2.05) is 6.92 Å². The second-order valence-electron chi connectivity index (χ2n) is 3.03. The van der Waals surface area contributed by atoms with E-state index >= 15 is 0 Å². The first-order valence-corrected chi connectivity index (χ1v) is 3.92. The Hall–Kier alpha value is -1.51. The first kappa shape index (κ1) is 11.5. The molecule has 0 heterocycles. The summed E-state index contributed by atoms with van der Waals surface area (Å²) in [6.45, 7) is 11.0. The van der Waals surface area contributed by atoms with Crippen LogP contribution in [0.4, 0.5) is 0 Å². The standard InChI is InChI=1S/C10H16N2O/c1-7(2)9(10(11)13)6-12(5)8(3)4/h6H,1,3H2,2,4-5H3,(H2,11,13)/b9-6-. The number of hydrogen-bond acceptors (Lipinski definition) is 2. The summed E-state index contributed by atoms with van der Waals surface area (Å²) in [5, 5.41) is 0. The van der Waals surface area contributed by atoms with Crippen LogP contribution in [0.2, 0.25) is 0 Å². The van der Waals surface area contributed by atoms with Crippen LogP contribution in [0.1, 0.15) is 13.8 Å². The smallest absolute Gasteiger partial charge is 0.250 e. The van der Waals surface area contributed by atoms with Gasteiger partial charge in [0.1, 0.15) is 0 Å². The van der Waals surface area contributed by atoms with Gasteiger partial charge >= 0.3 is 0 Å². The molecule has 0 fully saturated rings. The molecule has 0 saturated carbocycles. The Morgan fingerprint density at radius 1 is 1.38 bits per heavy atom. The van der Waals surface area contributed by atoms with Gasteiger partial charge in [-0.25, -0.2) is 0 Å². The lowest BCUT2D eigenvalue weighted by Crippen LogP contribution is -2.18. The van der Waals surface area contributed by atoms with Crippen molar-refractivity contribution in [3.63, 3.8) is 0 Å². The van der Waals surface area contributed by atoms with Crippen LogP contribution in [0.5, 0.6) is 0 Å². The maximum Gasteiger partial charge on any atom is 0.250 e. The van der Waals surface area contributed by atoms with Crippen molar-refractivity contribution in [1.82, 2.24) is 4.90 Å². The minimum atomic E-state index is -0.472. The third-order valence-electron chi connectivity index (χ3n) is 1.65. The second-order valence-corrected chi connectivity index (χ2v) is 3.03. The van der Waals surface area contributed by atoms with E-state index in [2.05, 4.69) is 13.2 Å². The average Bonchev–Trinajstić information content (AvgIpc) is 1.97. The zero-order valence-electron chi connectivity index (χ0n) is 8.42. The van der Waals surface area contributed by atoms with Crippen LogP contribution in [0.15, 0.2) is 36.2 Å². The predicted octanol–water partition coefficient (Wildman–Crippen LogP) is 1.40. The molecule has 0 unspecified atom stereocenters. The predicted molar refractivity (Wildman–Crippen MR) is 54.7 cm³/mol. The van der Waals surface area contributed by atoms with E-state index in [4.69, 9.17) is 5.73 Å². The summed E-state index contributed by atoms with van der Waals surface area (Å²) in [6, 6.07) is 0. The Morgan fingerprint density at radius 3 is 2.08 bits per heavy atom. The molecule has 3 heteroatoms. The Bertz CT molecular complexity index is 261. The quantitative estimate of drug-likeness (QED) is 0.525. The molecule has 0 bridgehead atoms. The highest BCUT2D eigenvalue weighted by molar-refractivity contribution is 5.96. The maximum atomic E-state index is 10.9. The van der Waals surface area contributed by atoms with Gasteiger partial charge in [-0.15, -0.1) is 0 Å². The molecule has 0 atom stereocenters. The van der Waals surface area contributed by atoms with Gasteiger partial charge in [-0.2, -0.15) is 0 Å². The molecule has 0 radical (unpaired) electrons. The molecule has 0 aliphatic heterocycles. The molecule has 13 heavy (non-hydrogen) atoms. The normalized spacial score (nSPS) is 10.8. The van der Waals surface area contributed by atoms with Crippen molar-refractivity contribution in [3.05, 3.63) is 36.2 Å². The third-order valence-corrected chi connectivity index (χ3v) is 1.65. The molecule has 0 saturated heterocycles. The zero-order chi connectivity index (χ0) is 10.6. The SMILES string of the molecule is C=C(C)/C(=C/N(C)C(=C)C)C(N)=O. The average molecular weight is 180 g/mol. The number of nitrogens with zero attached hydrogens (tertiary/aromatic N) is 1. The van der Waals surface area contributed by atoms with Gasteiger partial charge in [0.05, 0.1) is 5.57 Å². The molecule has 0 aliphatic carbocycles. The van der Waals surface area contributed by atoms with Crippen LogP contribution in [-0.2, 0) is 4.79 Å². The molecule has 3 nitrogen and oxygen atoms in total. The van der Waals surface area contributed by atoms with Crippen LogP contribution < -0.4 is 5.73 Å². The van der Waals surface area contributed by atoms with E-state index in [0.717, 1.165) is 5.70 Å². The molecule has 0 rings (SSSR count). The maximum absolute atomic E-state index is 10.9. The summed E-state index contributed by atoms with van der Waals surface area (Å²) in [7, 11) is 1.80. The van der Waals surface area contributed by atoms with E-state index in [1.54, 1.807) is 25.1 Å². The van der Waals surface area contributed by atoms with Crippen molar-refractivity contribution in [2.24, 2.45) is 5.73 Å². The summed E-state index contributed by atoms with van der Waals surface area (Å²) >= 11 is 0. The van der Waals surface area contributed by atoms with Gasteiger partial charge in [0.25, 0.3) is 0 Å². The van der Waals surface area contributed by atoms with Crippen molar-refractivity contribution in [2.45, 2.75) is 13.8 Å². The molecular formula is C10H16N2O. The number of amides is 1. The van der Waals surface area contributed by atoms with Gasteiger partial charge in [0.15, 0.2) is 0 Å². The van der Waals surface area contributed by atoms with E-state index in [1.165, 1.54) is 0 Å². The molecule has 72 valence electrons. The number of primary amides is 1. The number of carbonyl (C=O) groups is 1. The number of rotatable bonds is 4. The van der Waals surface area contributed by atoms with Crippen LogP contribution in [-0.4, -0.2) is 17.9 Å². The van der Waals surface area contributed by atoms with E-state index in [9.17, 15) is 4.79 Å². The third kappa shape index (κ3) is 3.60. The molecule has 1 amide bonds. The van der Waals surface area contributed by atoms with Crippen LogP contribution in [0.25, 0.3) is 0 Å². The van der Waals surface area contributed by atoms with Gasteiger partial charge in [0.2, 0.25) is 5.91 Å². The number of carbonyl (C=O) groups excluding carboxylic acids is 1. The fourth-order valence-corrected chi connectivity index (χ4v) is 0.688. The molecule has 0 aliphatic rings. The first-order chi connectivity index (χ1) is 5.86. The molecule has 0 aromatic carbocycles. The van der Waals surface area contributed by atoms with Gasteiger partial charge < -0.3 is 10.6 Å². The summed E-state index contributed by atoms with van der Waals surface area (Å²) in [6.07, 6.45) is 1.63. The summed E-state index contributed by atoms with van der Waals surface area (Å²) < 4.78 is 0. The topological polar surface area (TPSA) is 46.3 Å². The van der Waals surface area contributed by atoms with Crippen LogP contribution in [0.3, 0.4) is 0 Å². The lowest BCUT2D eigenvalue weighted by Gasteiger charge is -2.15. The minimum absolute atomic E-state index is 0.422. The number of nitrogens with two attached hydrogens (primary N) is 1. The summed E-state index contributed by atoms with van der Waals surface area (Å²) in [5.41, 5.74) is 7.07. The fourth-order valence-electron chi connectivity index (χ4n) is 0.688. The van der Waals surface area contributed by atoms with E-state index < -0.39 is 5.91 Å². The van der Waals surface area contributed by atoms with Crippen molar-refractivity contribution in [2.75, 3.05) is 7.05 Å². The first-order valence-electron chi connectivity index (χ1n) is 3.92. The fraction of sp³-hybridized carbons (Fsp3) is 0.300. The minimum Gasteiger partial charge on any atom is -0.366 e. The Labute approximate surface area is 79.2 Å².